The molecule has 28 heavy (non-hydrogen) atoms. The van der Waals surface area contributed by atoms with Crippen molar-refractivity contribution in [2.24, 2.45) is 5.73 Å². The van der Waals surface area contributed by atoms with Crippen molar-refractivity contribution >= 4 is 17.3 Å². The second-order valence-corrected chi connectivity index (χ2v) is 6.70. The summed E-state index contributed by atoms with van der Waals surface area (Å²) in [6.07, 6.45) is 0. The number of amides is 1. The van der Waals surface area contributed by atoms with Crippen LogP contribution in [-0.2, 0) is 9.53 Å². The average Bonchev–Trinajstić information content (AvgIpc) is 2.68. The lowest BCUT2D eigenvalue weighted by Crippen LogP contribution is -2.27. The fourth-order valence-corrected chi connectivity index (χ4v) is 3.19. The number of hydrogen-bond acceptors (Lipinski definition) is 5. The highest BCUT2D eigenvalue weighted by molar-refractivity contribution is 6.06. The maximum Gasteiger partial charge on any atom is 0.255 e. The minimum Gasteiger partial charge on any atom is -0.445 e. The number of rotatable bonds is 4. The summed E-state index contributed by atoms with van der Waals surface area (Å²) in [5.74, 6) is -0.520. The van der Waals surface area contributed by atoms with E-state index in [0.29, 0.717) is 17.0 Å². The standard InChI is InChI=1S/C22H22N4O2/c1-14-19(22(27)25-16-7-5-4-6-8-16)20(18(13-23)21(24)28-14)15-9-11-17(12-10-15)26(2)3/h4-12,20H,24H2,1-3H3,(H,25,27)/t20-/m1/s1. The van der Waals surface area contributed by atoms with Gasteiger partial charge in [0.05, 0.1) is 11.5 Å². The van der Waals surface area contributed by atoms with Crippen molar-refractivity contribution in [2.45, 2.75) is 12.8 Å². The Bertz CT molecular complexity index is 983. The van der Waals surface area contributed by atoms with Crippen molar-refractivity contribution in [2.75, 3.05) is 24.3 Å². The smallest absolute Gasteiger partial charge is 0.255 e. The summed E-state index contributed by atoms with van der Waals surface area (Å²) in [7, 11) is 3.90. The molecule has 0 unspecified atom stereocenters. The third kappa shape index (κ3) is 3.69. The van der Waals surface area contributed by atoms with Crippen LogP contribution in [0.2, 0.25) is 0 Å². The van der Waals surface area contributed by atoms with Crippen molar-refractivity contribution in [3.63, 3.8) is 0 Å². The van der Waals surface area contributed by atoms with Gasteiger partial charge in [0.2, 0.25) is 5.88 Å². The maximum absolute atomic E-state index is 13.1. The summed E-state index contributed by atoms with van der Waals surface area (Å²) >= 11 is 0. The predicted molar refractivity (Wildman–Crippen MR) is 109 cm³/mol. The van der Waals surface area contributed by atoms with E-state index in [9.17, 15) is 10.1 Å². The molecule has 0 saturated heterocycles. The van der Waals surface area contributed by atoms with Crippen LogP contribution in [0.5, 0.6) is 0 Å². The second-order valence-electron chi connectivity index (χ2n) is 6.70. The molecule has 3 rings (SSSR count). The topological polar surface area (TPSA) is 91.4 Å². The Morgan fingerprint density at radius 3 is 2.36 bits per heavy atom. The number of carbonyl (C=O) groups is 1. The Balaban J connectivity index is 2.04. The minimum absolute atomic E-state index is 0.0259. The van der Waals surface area contributed by atoms with Crippen LogP contribution in [0, 0.1) is 11.3 Å². The minimum atomic E-state index is -0.598. The number of para-hydroxylation sites is 1. The Kier molecular flexibility index (Phi) is 5.37. The van der Waals surface area contributed by atoms with E-state index < -0.39 is 5.92 Å². The molecule has 6 heteroatoms. The lowest BCUT2D eigenvalue weighted by molar-refractivity contribution is -0.113. The zero-order valence-electron chi connectivity index (χ0n) is 16.1. The maximum atomic E-state index is 13.1. The quantitative estimate of drug-likeness (QED) is 0.855. The highest BCUT2D eigenvalue weighted by Gasteiger charge is 2.35. The molecular formula is C22H22N4O2. The molecule has 0 saturated carbocycles. The number of nitrogens with zero attached hydrogens (tertiary/aromatic N) is 2. The van der Waals surface area contributed by atoms with Crippen molar-refractivity contribution in [3.05, 3.63) is 82.9 Å². The van der Waals surface area contributed by atoms with Gasteiger partial charge < -0.3 is 20.7 Å². The molecule has 142 valence electrons. The first-order valence-electron chi connectivity index (χ1n) is 8.84. The van der Waals surface area contributed by atoms with Crippen molar-refractivity contribution in [1.82, 2.24) is 0 Å². The van der Waals surface area contributed by atoms with Crippen LogP contribution in [0.25, 0.3) is 0 Å². The molecule has 0 fully saturated rings. The number of carbonyl (C=O) groups excluding carboxylic acids is 1. The molecule has 0 spiro atoms. The van der Waals surface area contributed by atoms with Gasteiger partial charge in [-0.3, -0.25) is 4.79 Å². The van der Waals surface area contributed by atoms with Gasteiger partial charge in [-0.15, -0.1) is 0 Å². The number of allylic oxidation sites excluding steroid dienone is 2. The van der Waals surface area contributed by atoms with Crippen LogP contribution in [0.1, 0.15) is 18.4 Å². The Hall–Kier alpha value is -3.72. The van der Waals surface area contributed by atoms with Crippen LogP contribution in [0.3, 0.4) is 0 Å². The van der Waals surface area contributed by atoms with Crippen molar-refractivity contribution in [1.29, 1.82) is 5.26 Å². The van der Waals surface area contributed by atoms with E-state index in [2.05, 4.69) is 11.4 Å². The SMILES string of the molecule is CC1=C(C(=O)Nc2ccccc2)[C@H](c2ccc(N(C)C)cc2)C(C#N)=C(N)O1. The van der Waals surface area contributed by atoms with Gasteiger partial charge in [-0.25, -0.2) is 0 Å². The predicted octanol–water partition coefficient (Wildman–Crippen LogP) is 3.47. The van der Waals surface area contributed by atoms with Gasteiger partial charge in [0.25, 0.3) is 5.91 Å². The number of hydrogen-bond donors (Lipinski definition) is 2. The molecule has 2 aromatic carbocycles. The van der Waals surface area contributed by atoms with Crippen molar-refractivity contribution < 1.29 is 9.53 Å². The first-order valence-corrected chi connectivity index (χ1v) is 8.84. The lowest BCUT2D eigenvalue weighted by Gasteiger charge is -2.27. The zero-order valence-corrected chi connectivity index (χ0v) is 16.1. The van der Waals surface area contributed by atoms with Gasteiger partial charge in [-0.2, -0.15) is 5.26 Å². The number of nitrogens with two attached hydrogens (primary N) is 1. The Morgan fingerprint density at radius 2 is 1.79 bits per heavy atom. The van der Waals surface area contributed by atoms with Crippen LogP contribution in [-0.4, -0.2) is 20.0 Å². The van der Waals surface area contributed by atoms with E-state index in [1.165, 1.54) is 0 Å². The van der Waals surface area contributed by atoms with E-state index in [1.54, 1.807) is 19.1 Å². The van der Waals surface area contributed by atoms with Gasteiger partial charge in [-0.1, -0.05) is 30.3 Å². The van der Waals surface area contributed by atoms with Gasteiger partial charge >= 0.3 is 0 Å². The first kappa shape index (κ1) is 19.1. The largest absolute Gasteiger partial charge is 0.445 e. The summed E-state index contributed by atoms with van der Waals surface area (Å²) in [4.78, 5) is 15.1. The molecule has 1 aliphatic heterocycles. The van der Waals surface area contributed by atoms with Crippen LogP contribution < -0.4 is 16.0 Å². The summed E-state index contributed by atoms with van der Waals surface area (Å²) in [6, 6.07) is 18.9. The lowest BCUT2D eigenvalue weighted by atomic mass is 9.82. The molecule has 0 radical (unpaired) electrons. The fraction of sp³-hybridized carbons (Fsp3) is 0.182. The fourth-order valence-electron chi connectivity index (χ4n) is 3.19. The van der Waals surface area contributed by atoms with Gasteiger partial charge in [0, 0.05) is 25.5 Å². The van der Waals surface area contributed by atoms with E-state index in [1.807, 2.05) is 61.5 Å². The van der Waals surface area contributed by atoms with E-state index in [-0.39, 0.29) is 17.4 Å². The molecule has 1 heterocycles. The van der Waals surface area contributed by atoms with E-state index >= 15 is 0 Å². The zero-order chi connectivity index (χ0) is 20.3. The van der Waals surface area contributed by atoms with E-state index in [4.69, 9.17) is 10.5 Å². The van der Waals surface area contributed by atoms with E-state index in [0.717, 1.165) is 11.3 Å². The molecule has 6 nitrogen and oxygen atoms in total. The molecule has 1 atom stereocenters. The highest BCUT2D eigenvalue weighted by atomic mass is 16.5. The first-order chi connectivity index (χ1) is 13.4. The van der Waals surface area contributed by atoms with Crippen LogP contribution >= 0.6 is 0 Å². The number of benzene rings is 2. The summed E-state index contributed by atoms with van der Waals surface area (Å²) in [5, 5.41) is 12.6. The third-order valence-corrected chi connectivity index (χ3v) is 4.62. The van der Waals surface area contributed by atoms with Crippen LogP contribution in [0.15, 0.2) is 77.4 Å². The summed E-state index contributed by atoms with van der Waals surface area (Å²) < 4.78 is 5.52. The molecular weight excluding hydrogens is 352 g/mol. The van der Waals surface area contributed by atoms with Crippen LogP contribution in [0.4, 0.5) is 11.4 Å². The van der Waals surface area contributed by atoms with Gasteiger partial charge in [0.1, 0.15) is 17.4 Å². The molecule has 1 aliphatic rings. The summed E-state index contributed by atoms with van der Waals surface area (Å²) in [5.41, 5.74) is 9.03. The number of nitriles is 1. The number of nitrogens with one attached hydrogen (secondary N) is 1. The monoisotopic (exact) mass is 374 g/mol. The molecule has 0 bridgehead atoms. The third-order valence-electron chi connectivity index (χ3n) is 4.62. The highest BCUT2D eigenvalue weighted by Crippen LogP contribution is 2.39. The number of anilines is 2. The Morgan fingerprint density at radius 1 is 1.14 bits per heavy atom. The molecule has 3 N–H and O–H groups in total. The van der Waals surface area contributed by atoms with Crippen molar-refractivity contribution in [3.8, 4) is 6.07 Å². The Labute approximate surface area is 164 Å². The van der Waals surface area contributed by atoms with Gasteiger partial charge in [-0.05, 0) is 36.8 Å². The van der Waals surface area contributed by atoms with Gasteiger partial charge in [0.15, 0.2) is 0 Å². The molecule has 0 aromatic heterocycles. The summed E-state index contributed by atoms with van der Waals surface area (Å²) in [6.45, 7) is 1.68. The second kappa shape index (κ2) is 7.89. The average molecular weight is 374 g/mol. The molecule has 2 aromatic rings. The molecule has 0 aliphatic carbocycles. The number of ether oxygens (including phenoxy) is 1. The normalized spacial score (nSPS) is 16.3. The molecule has 1 amide bonds.